The van der Waals surface area contributed by atoms with Gasteiger partial charge in [-0.05, 0) is 25.0 Å². The zero-order valence-corrected chi connectivity index (χ0v) is 10.9. The minimum atomic E-state index is -4.19. The van der Waals surface area contributed by atoms with Crippen LogP contribution in [0.5, 0.6) is 0 Å². The molecule has 0 unspecified atom stereocenters. The van der Waals surface area contributed by atoms with E-state index in [1.807, 2.05) is 6.92 Å². The van der Waals surface area contributed by atoms with E-state index in [4.69, 9.17) is 0 Å². The molecule has 0 spiro atoms. The summed E-state index contributed by atoms with van der Waals surface area (Å²) in [6, 6.07) is 5.04. The second kappa shape index (κ2) is 5.67. The van der Waals surface area contributed by atoms with Crippen molar-refractivity contribution < 1.29 is 18.0 Å². The second-order valence-corrected chi connectivity index (χ2v) is 4.71. The molecule has 0 atom stereocenters. The van der Waals surface area contributed by atoms with Gasteiger partial charge in [0.25, 0.3) is 0 Å². The molecule has 0 aliphatic rings. The zero-order valence-electron chi connectivity index (χ0n) is 9.27. The minimum absolute atomic E-state index is 0.0744. The van der Waals surface area contributed by atoms with Gasteiger partial charge in [0.1, 0.15) is 0 Å². The second-order valence-electron chi connectivity index (χ2n) is 3.86. The van der Waals surface area contributed by atoms with Gasteiger partial charge in [-0.2, -0.15) is 13.2 Å². The predicted molar refractivity (Wildman–Crippen MR) is 63.1 cm³/mol. The van der Waals surface area contributed by atoms with E-state index >= 15 is 0 Å². The van der Waals surface area contributed by atoms with Gasteiger partial charge < -0.3 is 0 Å². The molecule has 94 valence electrons. The molecule has 0 saturated carbocycles. The molecular weight excluding hydrogens is 297 g/mol. The first-order valence-corrected chi connectivity index (χ1v) is 5.95. The topological polar surface area (TPSA) is 17.1 Å². The molecule has 1 nitrogen and oxygen atoms in total. The average molecular weight is 309 g/mol. The monoisotopic (exact) mass is 308 g/mol. The van der Waals surface area contributed by atoms with Crippen molar-refractivity contribution in [2.45, 2.75) is 32.4 Å². The molecule has 1 aromatic rings. The Balaban J connectivity index is 2.56. The molecule has 0 N–H and O–H groups in total. The van der Waals surface area contributed by atoms with Gasteiger partial charge in [-0.3, -0.25) is 4.79 Å². The van der Waals surface area contributed by atoms with Crippen molar-refractivity contribution in [3.05, 3.63) is 33.8 Å². The van der Waals surface area contributed by atoms with Crippen molar-refractivity contribution in [3.8, 4) is 0 Å². The van der Waals surface area contributed by atoms with Crippen LogP contribution in [0, 0.1) is 6.92 Å². The maximum absolute atomic E-state index is 11.9. The van der Waals surface area contributed by atoms with Gasteiger partial charge >= 0.3 is 6.18 Å². The van der Waals surface area contributed by atoms with Gasteiger partial charge in [-0.1, -0.05) is 28.1 Å². The molecular formula is C12H12BrF3O. The van der Waals surface area contributed by atoms with E-state index < -0.39 is 12.6 Å². The largest absolute Gasteiger partial charge is 0.389 e. The highest BCUT2D eigenvalue weighted by Crippen LogP contribution is 2.24. The summed E-state index contributed by atoms with van der Waals surface area (Å²) in [6.45, 7) is 1.88. The van der Waals surface area contributed by atoms with Crippen LogP contribution in [0.3, 0.4) is 0 Å². The number of Topliss-reactive ketones (excluding diaryl/α,β-unsaturated/α-hetero) is 1. The van der Waals surface area contributed by atoms with E-state index in [-0.39, 0.29) is 18.6 Å². The van der Waals surface area contributed by atoms with Gasteiger partial charge in [0.15, 0.2) is 5.78 Å². The standard InChI is InChI=1S/C12H12BrF3O/c1-8-4-5-9(7-10(8)13)11(17)3-2-6-12(14,15)16/h4-5,7H,2-3,6H2,1H3. The summed E-state index contributed by atoms with van der Waals surface area (Å²) in [7, 11) is 0. The molecule has 5 heteroatoms. The van der Waals surface area contributed by atoms with Crippen molar-refractivity contribution in [1.82, 2.24) is 0 Å². The summed E-state index contributed by atoms with van der Waals surface area (Å²) in [5.74, 6) is -0.255. The van der Waals surface area contributed by atoms with Gasteiger partial charge in [0, 0.05) is 22.9 Å². The van der Waals surface area contributed by atoms with Crippen molar-refractivity contribution in [2.24, 2.45) is 0 Å². The first kappa shape index (κ1) is 14.2. The van der Waals surface area contributed by atoms with Crippen molar-refractivity contribution in [1.29, 1.82) is 0 Å². The summed E-state index contributed by atoms with van der Waals surface area (Å²) in [4.78, 5) is 11.6. The summed E-state index contributed by atoms with van der Waals surface area (Å²) < 4.78 is 36.5. The Morgan fingerprint density at radius 1 is 1.35 bits per heavy atom. The number of benzene rings is 1. The van der Waals surface area contributed by atoms with Crippen LogP contribution in [0.25, 0.3) is 0 Å². The van der Waals surface area contributed by atoms with Crippen molar-refractivity contribution in [2.75, 3.05) is 0 Å². The van der Waals surface area contributed by atoms with Gasteiger partial charge in [-0.25, -0.2) is 0 Å². The van der Waals surface area contributed by atoms with Crippen LogP contribution < -0.4 is 0 Å². The number of hydrogen-bond acceptors (Lipinski definition) is 1. The lowest BCUT2D eigenvalue weighted by molar-refractivity contribution is -0.135. The number of carbonyl (C=O) groups excluding carboxylic acids is 1. The van der Waals surface area contributed by atoms with Gasteiger partial charge in [-0.15, -0.1) is 0 Å². The van der Waals surface area contributed by atoms with Gasteiger partial charge in [0.05, 0.1) is 0 Å². The van der Waals surface area contributed by atoms with Crippen LogP contribution in [0.4, 0.5) is 13.2 Å². The third kappa shape index (κ3) is 4.89. The Labute approximate surface area is 106 Å². The van der Waals surface area contributed by atoms with E-state index in [9.17, 15) is 18.0 Å². The maximum Gasteiger partial charge on any atom is 0.389 e. The molecule has 0 saturated heterocycles. The van der Waals surface area contributed by atoms with Crippen LogP contribution >= 0.6 is 15.9 Å². The predicted octanol–water partition coefficient (Wildman–Crippen LogP) is 4.67. The summed E-state index contributed by atoms with van der Waals surface area (Å²) >= 11 is 3.28. The highest BCUT2D eigenvalue weighted by atomic mass is 79.9. The van der Waals surface area contributed by atoms with Crippen LogP contribution in [0.2, 0.25) is 0 Å². The molecule has 0 aliphatic heterocycles. The Hall–Kier alpha value is -0.840. The highest BCUT2D eigenvalue weighted by molar-refractivity contribution is 9.10. The quantitative estimate of drug-likeness (QED) is 0.739. The number of carbonyl (C=O) groups is 1. The third-order valence-electron chi connectivity index (χ3n) is 2.36. The molecule has 0 radical (unpaired) electrons. The van der Waals surface area contributed by atoms with Crippen LogP contribution in [0.1, 0.15) is 35.2 Å². The molecule has 0 bridgehead atoms. The Kier molecular flexibility index (Phi) is 4.74. The SMILES string of the molecule is Cc1ccc(C(=O)CCCC(F)(F)F)cc1Br. The van der Waals surface area contributed by atoms with E-state index in [1.54, 1.807) is 18.2 Å². The van der Waals surface area contributed by atoms with E-state index in [0.717, 1.165) is 10.0 Å². The Morgan fingerprint density at radius 2 is 2.00 bits per heavy atom. The highest BCUT2D eigenvalue weighted by Gasteiger charge is 2.26. The smallest absolute Gasteiger partial charge is 0.294 e. The number of alkyl halides is 3. The van der Waals surface area contributed by atoms with Crippen molar-refractivity contribution >= 4 is 21.7 Å². The molecule has 0 aliphatic carbocycles. The summed E-state index contributed by atoms with van der Waals surface area (Å²) in [5, 5.41) is 0. The number of aryl methyl sites for hydroxylation is 1. The minimum Gasteiger partial charge on any atom is -0.294 e. The molecule has 1 rings (SSSR count). The summed E-state index contributed by atoms with van der Waals surface area (Å²) in [5.41, 5.74) is 1.43. The zero-order chi connectivity index (χ0) is 13.1. The van der Waals surface area contributed by atoms with Crippen LogP contribution in [-0.4, -0.2) is 12.0 Å². The van der Waals surface area contributed by atoms with E-state index in [1.165, 1.54) is 0 Å². The number of halogens is 4. The van der Waals surface area contributed by atoms with Crippen LogP contribution in [0.15, 0.2) is 22.7 Å². The van der Waals surface area contributed by atoms with Gasteiger partial charge in [0.2, 0.25) is 0 Å². The normalized spacial score (nSPS) is 11.6. The lowest BCUT2D eigenvalue weighted by Crippen LogP contribution is -2.08. The Morgan fingerprint density at radius 3 is 2.53 bits per heavy atom. The number of ketones is 1. The van der Waals surface area contributed by atoms with Crippen LogP contribution in [-0.2, 0) is 0 Å². The molecule has 1 aromatic carbocycles. The third-order valence-corrected chi connectivity index (χ3v) is 3.21. The van der Waals surface area contributed by atoms with E-state index in [0.29, 0.717) is 5.56 Å². The fourth-order valence-electron chi connectivity index (χ4n) is 1.36. The molecule has 0 heterocycles. The fraction of sp³-hybridized carbons (Fsp3) is 0.417. The average Bonchev–Trinajstić information content (AvgIpc) is 2.20. The van der Waals surface area contributed by atoms with Crippen molar-refractivity contribution in [3.63, 3.8) is 0 Å². The number of rotatable bonds is 4. The lowest BCUT2D eigenvalue weighted by Gasteiger charge is -2.06. The fourth-order valence-corrected chi connectivity index (χ4v) is 1.74. The molecule has 0 fully saturated rings. The molecule has 0 aromatic heterocycles. The first-order valence-electron chi connectivity index (χ1n) is 5.16. The first-order chi connectivity index (χ1) is 7.79. The van der Waals surface area contributed by atoms with E-state index in [2.05, 4.69) is 15.9 Å². The molecule has 0 amide bonds. The molecule has 17 heavy (non-hydrogen) atoms. The Bertz CT molecular complexity index is 413. The maximum atomic E-state index is 11.9. The number of hydrogen-bond donors (Lipinski definition) is 0. The lowest BCUT2D eigenvalue weighted by atomic mass is 10.0. The summed E-state index contributed by atoms with van der Waals surface area (Å²) in [6.07, 6.45) is -5.33.